The van der Waals surface area contributed by atoms with E-state index in [1.54, 1.807) is 0 Å². The van der Waals surface area contributed by atoms with Gasteiger partial charge in [0.05, 0.1) is 0 Å². The summed E-state index contributed by atoms with van der Waals surface area (Å²) in [6.45, 7) is 2.71. The molecule has 0 bridgehead atoms. The lowest BCUT2D eigenvalue weighted by molar-refractivity contribution is 0.212. The first-order valence-corrected chi connectivity index (χ1v) is 6.39. The van der Waals surface area contributed by atoms with E-state index >= 15 is 0 Å². The highest BCUT2D eigenvalue weighted by Gasteiger charge is 2.20. The normalized spacial score (nSPS) is 24.0. The Kier molecular flexibility index (Phi) is 3.87. The van der Waals surface area contributed by atoms with Gasteiger partial charge in [-0.1, -0.05) is 38.5 Å². The summed E-state index contributed by atoms with van der Waals surface area (Å²) in [5, 5.41) is 2.86. The van der Waals surface area contributed by atoms with Gasteiger partial charge in [-0.2, -0.15) is 0 Å². The van der Waals surface area contributed by atoms with E-state index in [9.17, 15) is 4.79 Å². The summed E-state index contributed by atoms with van der Waals surface area (Å²) in [5.74, 6) is 0.876. The largest absolute Gasteiger partial charge is 0.336 e. The number of hydrogen-bond acceptors (Lipinski definition) is 1. The summed E-state index contributed by atoms with van der Waals surface area (Å²) in [6, 6.07) is 0.142. The number of nitrogens with one attached hydrogen (secondary N) is 1. The van der Waals surface area contributed by atoms with E-state index in [0.29, 0.717) is 0 Å². The lowest BCUT2D eigenvalue weighted by Gasteiger charge is -2.19. The van der Waals surface area contributed by atoms with E-state index < -0.39 is 0 Å². The Morgan fingerprint density at radius 1 is 1.20 bits per heavy atom. The topological polar surface area (TPSA) is 32.3 Å². The van der Waals surface area contributed by atoms with Gasteiger partial charge in [-0.05, 0) is 12.3 Å². The molecule has 0 aromatic rings. The molecule has 2 rings (SSSR count). The van der Waals surface area contributed by atoms with Gasteiger partial charge in [0.25, 0.3) is 0 Å². The van der Waals surface area contributed by atoms with E-state index in [0.717, 1.165) is 25.6 Å². The molecule has 1 N–H and O–H groups in total. The van der Waals surface area contributed by atoms with E-state index in [2.05, 4.69) is 5.32 Å². The molecule has 0 aromatic heterocycles. The number of carbonyl (C=O) groups excluding carboxylic acids is 1. The molecular formula is C12H22N2O. The number of hydrogen-bond donors (Lipinski definition) is 1. The maximum atomic E-state index is 11.3. The van der Waals surface area contributed by atoms with Crippen molar-refractivity contribution >= 4 is 6.03 Å². The third-order valence-corrected chi connectivity index (χ3v) is 3.73. The number of nitrogens with zero attached hydrogens (tertiary/aromatic N) is 1. The maximum absolute atomic E-state index is 11.3. The summed E-state index contributed by atoms with van der Waals surface area (Å²) >= 11 is 0. The summed E-state index contributed by atoms with van der Waals surface area (Å²) < 4.78 is 0. The highest BCUT2D eigenvalue weighted by Crippen LogP contribution is 2.25. The molecule has 15 heavy (non-hydrogen) atoms. The Labute approximate surface area is 92.2 Å². The van der Waals surface area contributed by atoms with Gasteiger partial charge in [0.2, 0.25) is 0 Å². The molecule has 1 aliphatic heterocycles. The Hall–Kier alpha value is -0.730. The standard InChI is InChI=1S/C12H22N2O/c15-12-13-8-10-14(12)9-7-11-5-3-1-2-4-6-11/h11H,1-10H2,(H,13,15). The van der Waals surface area contributed by atoms with Gasteiger partial charge in [-0.3, -0.25) is 0 Å². The van der Waals surface area contributed by atoms with Crippen LogP contribution in [0.5, 0.6) is 0 Å². The zero-order chi connectivity index (χ0) is 10.5. The van der Waals surface area contributed by atoms with E-state index in [1.165, 1.54) is 44.9 Å². The lowest BCUT2D eigenvalue weighted by atomic mass is 9.96. The molecule has 0 atom stereocenters. The van der Waals surface area contributed by atoms with Gasteiger partial charge in [-0.25, -0.2) is 4.79 Å². The van der Waals surface area contributed by atoms with Crippen LogP contribution in [0.1, 0.15) is 44.9 Å². The Morgan fingerprint density at radius 3 is 2.53 bits per heavy atom. The highest BCUT2D eigenvalue weighted by molar-refractivity contribution is 5.76. The highest BCUT2D eigenvalue weighted by atomic mass is 16.2. The van der Waals surface area contributed by atoms with Crippen LogP contribution in [0.3, 0.4) is 0 Å². The van der Waals surface area contributed by atoms with Gasteiger partial charge >= 0.3 is 6.03 Å². The molecule has 2 fully saturated rings. The Bertz CT molecular complexity index is 210. The van der Waals surface area contributed by atoms with Gasteiger partial charge in [0, 0.05) is 19.6 Å². The van der Waals surface area contributed by atoms with Gasteiger partial charge in [0.1, 0.15) is 0 Å². The van der Waals surface area contributed by atoms with Crippen molar-refractivity contribution in [1.82, 2.24) is 10.2 Å². The molecule has 0 spiro atoms. The first-order valence-electron chi connectivity index (χ1n) is 6.39. The molecule has 0 aromatic carbocycles. The molecule has 86 valence electrons. The van der Waals surface area contributed by atoms with Crippen LogP contribution < -0.4 is 5.32 Å². The first-order chi connectivity index (χ1) is 7.36. The molecule has 0 radical (unpaired) electrons. The molecule has 1 aliphatic carbocycles. The van der Waals surface area contributed by atoms with Crippen LogP contribution in [0.2, 0.25) is 0 Å². The first kappa shape index (κ1) is 10.8. The van der Waals surface area contributed by atoms with Crippen molar-refractivity contribution < 1.29 is 4.79 Å². The van der Waals surface area contributed by atoms with Gasteiger partial charge in [0.15, 0.2) is 0 Å². The summed E-state index contributed by atoms with van der Waals surface area (Å²) in [4.78, 5) is 13.3. The predicted octanol–water partition coefficient (Wildman–Crippen LogP) is 2.37. The zero-order valence-corrected chi connectivity index (χ0v) is 9.50. The third-order valence-electron chi connectivity index (χ3n) is 3.73. The van der Waals surface area contributed by atoms with Crippen LogP contribution >= 0.6 is 0 Å². The lowest BCUT2D eigenvalue weighted by Crippen LogP contribution is -2.30. The molecule has 1 heterocycles. The number of amides is 2. The van der Waals surface area contributed by atoms with E-state index in [4.69, 9.17) is 0 Å². The number of carbonyl (C=O) groups is 1. The van der Waals surface area contributed by atoms with Crippen molar-refractivity contribution in [3.05, 3.63) is 0 Å². The molecule has 2 amide bonds. The van der Waals surface area contributed by atoms with Crippen molar-refractivity contribution in [2.75, 3.05) is 19.6 Å². The van der Waals surface area contributed by atoms with Crippen LogP contribution in [0.15, 0.2) is 0 Å². The van der Waals surface area contributed by atoms with E-state index in [-0.39, 0.29) is 6.03 Å². The van der Waals surface area contributed by atoms with Crippen LogP contribution in [0.25, 0.3) is 0 Å². The average Bonchev–Trinajstić information content (AvgIpc) is 2.53. The number of urea groups is 1. The molecule has 1 saturated heterocycles. The SMILES string of the molecule is O=C1NCCN1CCC1CCCCCC1. The summed E-state index contributed by atoms with van der Waals surface area (Å²) in [5.41, 5.74) is 0. The molecule has 3 heteroatoms. The molecule has 1 saturated carbocycles. The van der Waals surface area contributed by atoms with Crippen molar-refractivity contribution in [3.8, 4) is 0 Å². The maximum Gasteiger partial charge on any atom is 0.317 e. The Morgan fingerprint density at radius 2 is 1.93 bits per heavy atom. The van der Waals surface area contributed by atoms with E-state index in [1.807, 2.05) is 4.90 Å². The van der Waals surface area contributed by atoms with Crippen molar-refractivity contribution in [3.63, 3.8) is 0 Å². The second kappa shape index (κ2) is 5.38. The summed E-state index contributed by atoms with van der Waals surface area (Å²) in [7, 11) is 0. The number of rotatable bonds is 3. The quantitative estimate of drug-likeness (QED) is 0.713. The predicted molar refractivity (Wildman–Crippen MR) is 60.8 cm³/mol. The smallest absolute Gasteiger partial charge is 0.317 e. The molecule has 0 unspecified atom stereocenters. The average molecular weight is 210 g/mol. The van der Waals surface area contributed by atoms with Crippen molar-refractivity contribution in [2.24, 2.45) is 5.92 Å². The molecular weight excluding hydrogens is 188 g/mol. The fraction of sp³-hybridized carbons (Fsp3) is 0.917. The molecule has 2 aliphatic rings. The monoisotopic (exact) mass is 210 g/mol. The van der Waals surface area contributed by atoms with Crippen LogP contribution in [-0.2, 0) is 0 Å². The van der Waals surface area contributed by atoms with Crippen molar-refractivity contribution in [2.45, 2.75) is 44.9 Å². The zero-order valence-electron chi connectivity index (χ0n) is 9.50. The van der Waals surface area contributed by atoms with Gasteiger partial charge < -0.3 is 10.2 Å². The summed E-state index contributed by atoms with van der Waals surface area (Å²) in [6.07, 6.45) is 9.62. The second-order valence-electron chi connectivity index (χ2n) is 4.87. The van der Waals surface area contributed by atoms with Crippen LogP contribution in [-0.4, -0.2) is 30.6 Å². The minimum atomic E-state index is 0.142. The fourth-order valence-electron chi connectivity index (χ4n) is 2.72. The van der Waals surface area contributed by atoms with Crippen LogP contribution in [0, 0.1) is 5.92 Å². The minimum Gasteiger partial charge on any atom is -0.336 e. The second-order valence-corrected chi connectivity index (χ2v) is 4.87. The van der Waals surface area contributed by atoms with Crippen molar-refractivity contribution in [1.29, 1.82) is 0 Å². The third kappa shape index (κ3) is 3.11. The van der Waals surface area contributed by atoms with Gasteiger partial charge in [-0.15, -0.1) is 0 Å². The van der Waals surface area contributed by atoms with Crippen LogP contribution in [0.4, 0.5) is 4.79 Å². The fourth-order valence-corrected chi connectivity index (χ4v) is 2.72. The Balaban J connectivity index is 1.69. The minimum absolute atomic E-state index is 0.142. The molecule has 3 nitrogen and oxygen atoms in total.